The Labute approximate surface area is 185 Å². The first kappa shape index (κ1) is 21.3. The molecule has 174 valence electrons. The van der Waals surface area contributed by atoms with Gasteiger partial charge in [0.1, 0.15) is 17.0 Å². The van der Waals surface area contributed by atoms with E-state index >= 15 is 0 Å². The van der Waals surface area contributed by atoms with Gasteiger partial charge >= 0.3 is 12.2 Å². The van der Waals surface area contributed by atoms with Gasteiger partial charge in [0.25, 0.3) is 5.91 Å². The van der Waals surface area contributed by atoms with Gasteiger partial charge in [0.05, 0.1) is 11.8 Å². The summed E-state index contributed by atoms with van der Waals surface area (Å²) < 4.78 is 55.4. The molecule has 2 aliphatic rings. The maximum atomic E-state index is 13.5. The number of halogens is 4. The summed E-state index contributed by atoms with van der Waals surface area (Å²) in [5.41, 5.74) is -0.278. The third kappa shape index (κ3) is 3.79. The molecule has 1 saturated heterocycles. The van der Waals surface area contributed by atoms with E-state index in [1.807, 2.05) is 17.8 Å². The third-order valence-corrected chi connectivity index (χ3v) is 6.28. The topological polar surface area (TPSA) is 83.7 Å². The average molecular weight is 464 g/mol. The first-order valence-corrected chi connectivity index (χ1v) is 10.3. The monoisotopic (exact) mass is 464 g/mol. The second-order valence-electron chi connectivity index (χ2n) is 8.83. The Balaban J connectivity index is 1.13. The van der Waals surface area contributed by atoms with Crippen LogP contribution < -0.4 is 10.6 Å². The zero-order chi connectivity index (χ0) is 23.5. The molecular weight excluding hydrogens is 444 g/mol. The number of hydrogen-bond donors (Lipinski definition) is 2. The van der Waals surface area contributed by atoms with E-state index in [2.05, 4.69) is 15.7 Å². The summed E-state index contributed by atoms with van der Waals surface area (Å²) in [5.74, 6) is -1.19. The van der Waals surface area contributed by atoms with Crippen molar-refractivity contribution in [1.29, 1.82) is 0 Å². The van der Waals surface area contributed by atoms with Gasteiger partial charge in [-0.25, -0.2) is 13.7 Å². The first-order valence-electron chi connectivity index (χ1n) is 10.3. The number of alkyl halides is 3. The van der Waals surface area contributed by atoms with Gasteiger partial charge in [-0.3, -0.25) is 4.79 Å². The molecule has 1 saturated carbocycles. The predicted octanol–water partition coefficient (Wildman–Crippen LogP) is 3.26. The minimum absolute atomic E-state index is 0.0730. The molecule has 0 bridgehead atoms. The predicted molar refractivity (Wildman–Crippen MR) is 109 cm³/mol. The molecule has 1 spiro atoms. The van der Waals surface area contributed by atoms with E-state index < -0.39 is 23.6 Å². The first-order chi connectivity index (χ1) is 15.5. The molecule has 2 aromatic heterocycles. The molecule has 2 fully saturated rings. The van der Waals surface area contributed by atoms with Crippen molar-refractivity contribution in [2.75, 3.05) is 18.4 Å². The van der Waals surface area contributed by atoms with E-state index in [0.29, 0.717) is 43.6 Å². The van der Waals surface area contributed by atoms with E-state index in [9.17, 15) is 27.2 Å². The Kier molecular flexibility index (Phi) is 4.66. The van der Waals surface area contributed by atoms with Gasteiger partial charge in [-0.05, 0) is 31.0 Å². The SMILES string of the molecule is Cn1ccn2ncc(C(=O)N3CC4(CC(NC(=O)Nc5cc(F)cc(C(F)(F)F)c5)C4)C3)c12. The molecule has 1 aliphatic heterocycles. The summed E-state index contributed by atoms with van der Waals surface area (Å²) in [6, 6.07) is 1.00. The Morgan fingerprint density at radius 3 is 2.58 bits per heavy atom. The quantitative estimate of drug-likeness (QED) is 0.584. The minimum atomic E-state index is -4.72. The van der Waals surface area contributed by atoms with Gasteiger partial charge in [0.2, 0.25) is 0 Å². The van der Waals surface area contributed by atoms with Crippen LogP contribution in [0.25, 0.3) is 5.65 Å². The Bertz CT molecular complexity index is 1250. The lowest BCUT2D eigenvalue weighted by Gasteiger charge is -2.58. The van der Waals surface area contributed by atoms with Crippen molar-refractivity contribution in [1.82, 2.24) is 24.4 Å². The number of nitrogens with zero attached hydrogens (tertiary/aromatic N) is 4. The van der Waals surface area contributed by atoms with E-state index in [0.717, 1.165) is 11.7 Å². The van der Waals surface area contributed by atoms with Crippen LogP contribution in [0.2, 0.25) is 0 Å². The molecule has 8 nitrogen and oxygen atoms in total. The second kappa shape index (κ2) is 7.22. The van der Waals surface area contributed by atoms with E-state index in [4.69, 9.17) is 0 Å². The van der Waals surface area contributed by atoms with Gasteiger partial charge in [-0.15, -0.1) is 0 Å². The molecule has 0 atom stereocenters. The maximum Gasteiger partial charge on any atom is 0.416 e. The lowest BCUT2D eigenvalue weighted by molar-refractivity contribution is -0.137. The van der Waals surface area contributed by atoms with Gasteiger partial charge in [-0.2, -0.15) is 18.3 Å². The van der Waals surface area contributed by atoms with Crippen molar-refractivity contribution in [3.05, 3.63) is 53.7 Å². The average Bonchev–Trinajstić information content (AvgIpc) is 3.24. The molecular formula is C21H20F4N6O2. The minimum Gasteiger partial charge on any atom is -0.337 e. The summed E-state index contributed by atoms with van der Waals surface area (Å²) in [5, 5.41) is 9.13. The molecule has 3 heterocycles. The van der Waals surface area contributed by atoms with Crippen LogP contribution in [-0.4, -0.2) is 50.2 Å². The van der Waals surface area contributed by atoms with Crippen LogP contribution >= 0.6 is 0 Å². The number of anilines is 1. The van der Waals surface area contributed by atoms with E-state index in [1.165, 1.54) is 0 Å². The van der Waals surface area contributed by atoms with Crippen molar-refractivity contribution < 1.29 is 27.2 Å². The summed E-state index contributed by atoms with van der Waals surface area (Å²) in [7, 11) is 1.84. The zero-order valence-electron chi connectivity index (χ0n) is 17.5. The third-order valence-electron chi connectivity index (χ3n) is 6.28. The van der Waals surface area contributed by atoms with E-state index in [-0.39, 0.29) is 23.1 Å². The van der Waals surface area contributed by atoms with Crippen LogP contribution in [0.15, 0.2) is 36.8 Å². The van der Waals surface area contributed by atoms with Crippen LogP contribution in [0.1, 0.15) is 28.8 Å². The smallest absolute Gasteiger partial charge is 0.337 e. The normalized spacial score (nSPS) is 17.7. The number of urea groups is 1. The largest absolute Gasteiger partial charge is 0.416 e. The van der Waals surface area contributed by atoms with Crippen molar-refractivity contribution in [3.8, 4) is 0 Å². The highest BCUT2D eigenvalue weighted by Crippen LogP contribution is 2.48. The highest BCUT2D eigenvalue weighted by atomic mass is 19.4. The van der Waals surface area contributed by atoms with Crippen molar-refractivity contribution >= 4 is 23.3 Å². The molecule has 0 unspecified atom stereocenters. The summed E-state index contributed by atoms with van der Waals surface area (Å²) in [4.78, 5) is 26.7. The van der Waals surface area contributed by atoms with Crippen LogP contribution in [0, 0.1) is 11.2 Å². The number of hydrogen-bond acceptors (Lipinski definition) is 3. The number of rotatable bonds is 3. The molecule has 33 heavy (non-hydrogen) atoms. The molecule has 12 heteroatoms. The standard InChI is InChI=1S/C21H20F4N6O2/c1-29-2-3-31-17(29)16(9-26-31)18(32)30-10-20(11-30)7-15(8-20)28-19(33)27-14-5-12(21(23,24)25)4-13(22)6-14/h2-6,9,15H,7-8,10-11H2,1H3,(H2,27,28,33). The fraction of sp³-hybridized carbons (Fsp3) is 0.381. The Hall–Kier alpha value is -3.57. The number of imidazole rings is 1. The number of likely N-dealkylation sites (tertiary alicyclic amines) is 1. The number of carbonyl (C=O) groups excluding carboxylic acids is 2. The molecule has 0 radical (unpaired) electrons. The summed E-state index contributed by atoms with van der Waals surface area (Å²) in [6.45, 7) is 1.12. The molecule has 1 aromatic carbocycles. The van der Waals surface area contributed by atoms with Crippen molar-refractivity contribution in [2.24, 2.45) is 12.5 Å². The lowest BCUT2D eigenvalue weighted by atomic mass is 9.60. The highest BCUT2D eigenvalue weighted by Gasteiger charge is 2.54. The lowest BCUT2D eigenvalue weighted by Crippen LogP contribution is -2.67. The molecule has 5 rings (SSSR count). The second-order valence-corrected chi connectivity index (χ2v) is 8.83. The zero-order valence-corrected chi connectivity index (χ0v) is 17.5. The molecule has 1 aliphatic carbocycles. The number of amides is 3. The number of fused-ring (bicyclic) bond motifs is 1. The van der Waals surface area contributed by atoms with Crippen LogP contribution in [-0.2, 0) is 13.2 Å². The Morgan fingerprint density at radius 2 is 1.88 bits per heavy atom. The fourth-order valence-corrected chi connectivity index (χ4v) is 4.80. The number of aryl methyl sites for hydroxylation is 1. The number of carbonyl (C=O) groups is 2. The van der Waals surface area contributed by atoms with Crippen LogP contribution in [0.3, 0.4) is 0 Å². The fourth-order valence-electron chi connectivity index (χ4n) is 4.80. The van der Waals surface area contributed by atoms with Crippen LogP contribution in [0.5, 0.6) is 0 Å². The van der Waals surface area contributed by atoms with Gasteiger partial charge in [0.15, 0.2) is 0 Å². The van der Waals surface area contributed by atoms with Gasteiger partial charge in [0, 0.05) is 49.7 Å². The highest BCUT2D eigenvalue weighted by molar-refractivity contribution is 6.00. The molecule has 3 amide bonds. The van der Waals surface area contributed by atoms with E-state index in [1.54, 1.807) is 21.8 Å². The molecule has 3 aromatic rings. The number of aromatic nitrogens is 3. The van der Waals surface area contributed by atoms with Gasteiger partial charge < -0.3 is 20.1 Å². The van der Waals surface area contributed by atoms with Crippen molar-refractivity contribution in [2.45, 2.75) is 25.1 Å². The summed E-state index contributed by atoms with van der Waals surface area (Å²) in [6.07, 6.45) is 1.71. The molecule has 2 N–H and O–H groups in total. The maximum absolute atomic E-state index is 13.5. The Morgan fingerprint density at radius 1 is 1.15 bits per heavy atom. The van der Waals surface area contributed by atoms with Crippen molar-refractivity contribution in [3.63, 3.8) is 0 Å². The number of nitrogens with one attached hydrogen (secondary N) is 2. The van der Waals surface area contributed by atoms with Gasteiger partial charge in [-0.1, -0.05) is 0 Å². The summed E-state index contributed by atoms with van der Waals surface area (Å²) >= 11 is 0. The number of benzene rings is 1. The van der Waals surface area contributed by atoms with Crippen LogP contribution in [0.4, 0.5) is 28.0 Å².